The highest BCUT2D eigenvalue weighted by atomic mass is 35.5. The number of hydrogen-bond acceptors (Lipinski definition) is 3. The van der Waals surface area contributed by atoms with Gasteiger partial charge in [0.05, 0.1) is 24.3 Å². The van der Waals surface area contributed by atoms with Gasteiger partial charge in [-0.05, 0) is 36.8 Å². The molecule has 1 amide bonds. The Morgan fingerprint density at radius 3 is 2.85 bits per heavy atom. The molecule has 0 aliphatic rings. The fraction of sp³-hybridized carbons (Fsp3) is 0.200. The van der Waals surface area contributed by atoms with Crippen molar-refractivity contribution in [3.8, 4) is 0 Å². The molecule has 0 fully saturated rings. The van der Waals surface area contributed by atoms with Crippen molar-refractivity contribution < 1.29 is 4.79 Å². The maximum atomic E-state index is 12.0. The summed E-state index contributed by atoms with van der Waals surface area (Å²) < 4.78 is 0. The number of anilines is 1. The molecular weight excluding hydrogens is 274 g/mol. The molecule has 1 atom stereocenters. The van der Waals surface area contributed by atoms with E-state index in [0.29, 0.717) is 16.4 Å². The summed E-state index contributed by atoms with van der Waals surface area (Å²) in [6, 6.07) is 10.8. The number of hydrogen-bond donors (Lipinski definition) is 2. The Kier molecular flexibility index (Phi) is 4.58. The van der Waals surface area contributed by atoms with Crippen molar-refractivity contribution in [1.82, 2.24) is 10.3 Å². The molecule has 0 radical (unpaired) electrons. The lowest BCUT2D eigenvalue weighted by atomic mass is 10.1. The zero-order chi connectivity index (χ0) is 14.5. The van der Waals surface area contributed by atoms with E-state index in [4.69, 9.17) is 17.3 Å². The van der Waals surface area contributed by atoms with Crippen LogP contribution in [0.15, 0.2) is 42.6 Å². The summed E-state index contributed by atoms with van der Waals surface area (Å²) in [5, 5.41) is 3.57. The van der Waals surface area contributed by atoms with Gasteiger partial charge < -0.3 is 11.1 Å². The van der Waals surface area contributed by atoms with E-state index in [1.165, 1.54) is 0 Å². The van der Waals surface area contributed by atoms with Gasteiger partial charge in [-0.1, -0.05) is 23.7 Å². The number of pyridine rings is 1. The smallest absolute Gasteiger partial charge is 0.226 e. The van der Waals surface area contributed by atoms with Crippen molar-refractivity contribution in [1.29, 1.82) is 0 Å². The van der Waals surface area contributed by atoms with Crippen molar-refractivity contribution in [2.75, 3.05) is 5.73 Å². The van der Waals surface area contributed by atoms with Crippen LogP contribution in [0.4, 0.5) is 5.69 Å². The summed E-state index contributed by atoms with van der Waals surface area (Å²) in [4.78, 5) is 16.1. The van der Waals surface area contributed by atoms with Crippen LogP contribution >= 0.6 is 11.6 Å². The van der Waals surface area contributed by atoms with Crippen molar-refractivity contribution >= 4 is 23.2 Å². The zero-order valence-electron chi connectivity index (χ0n) is 11.1. The fourth-order valence-corrected chi connectivity index (χ4v) is 2.06. The number of halogens is 1. The molecule has 5 heteroatoms. The number of nitrogens with two attached hydrogens (primary N) is 1. The summed E-state index contributed by atoms with van der Waals surface area (Å²) in [5.41, 5.74) is 7.80. The van der Waals surface area contributed by atoms with Gasteiger partial charge in [-0.2, -0.15) is 0 Å². The Morgan fingerprint density at radius 1 is 1.40 bits per heavy atom. The van der Waals surface area contributed by atoms with E-state index in [0.717, 1.165) is 5.56 Å². The SMILES string of the molecule is C[C@@H](NC(=O)Cc1ccc(N)cn1)c1cccc(Cl)c1. The number of amides is 1. The predicted molar refractivity (Wildman–Crippen MR) is 80.4 cm³/mol. The minimum Gasteiger partial charge on any atom is -0.397 e. The van der Waals surface area contributed by atoms with Crippen LogP contribution in [0.2, 0.25) is 5.02 Å². The van der Waals surface area contributed by atoms with E-state index in [9.17, 15) is 4.79 Å². The van der Waals surface area contributed by atoms with Crippen LogP contribution in [0.1, 0.15) is 24.2 Å². The van der Waals surface area contributed by atoms with E-state index in [1.54, 1.807) is 24.4 Å². The second-order valence-electron chi connectivity index (χ2n) is 4.60. The second kappa shape index (κ2) is 6.39. The first kappa shape index (κ1) is 14.3. The minimum absolute atomic E-state index is 0.0882. The van der Waals surface area contributed by atoms with Crippen molar-refractivity contribution in [3.63, 3.8) is 0 Å². The largest absolute Gasteiger partial charge is 0.397 e. The summed E-state index contributed by atoms with van der Waals surface area (Å²) in [7, 11) is 0. The molecule has 1 heterocycles. The lowest BCUT2D eigenvalue weighted by molar-refractivity contribution is -0.121. The summed E-state index contributed by atoms with van der Waals surface area (Å²) in [6.45, 7) is 1.92. The standard InChI is InChI=1S/C15H16ClN3O/c1-10(11-3-2-4-12(16)7-11)19-15(20)8-14-6-5-13(17)9-18-14/h2-7,9-10H,8,17H2,1H3,(H,19,20)/t10-/m1/s1. The molecule has 3 N–H and O–H groups in total. The molecule has 0 spiro atoms. The van der Waals surface area contributed by atoms with Crippen LogP contribution < -0.4 is 11.1 Å². The number of nitrogens with one attached hydrogen (secondary N) is 1. The highest BCUT2D eigenvalue weighted by molar-refractivity contribution is 6.30. The Hall–Kier alpha value is -2.07. The minimum atomic E-state index is -0.102. The van der Waals surface area contributed by atoms with Gasteiger partial charge in [0.2, 0.25) is 5.91 Å². The third-order valence-electron chi connectivity index (χ3n) is 2.92. The number of nitrogens with zero attached hydrogens (tertiary/aromatic N) is 1. The lowest BCUT2D eigenvalue weighted by Crippen LogP contribution is -2.28. The highest BCUT2D eigenvalue weighted by Crippen LogP contribution is 2.17. The Labute approximate surface area is 123 Å². The van der Waals surface area contributed by atoms with Gasteiger partial charge in [0, 0.05) is 10.7 Å². The molecule has 0 bridgehead atoms. The van der Waals surface area contributed by atoms with Gasteiger partial charge >= 0.3 is 0 Å². The van der Waals surface area contributed by atoms with Crippen LogP contribution in [-0.2, 0) is 11.2 Å². The molecule has 0 unspecified atom stereocenters. The van der Waals surface area contributed by atoms with Gasteiger partial charge in [0.1, 0.15) is 0 Å². The molecule has 104 valence electrons. The molecular formula is C15H16ClN3O. The quantitative estimate of drug-likeness (QED) is 0.909. The van der Waals surface area contributed by atoms with E-state index < -0.39 is 0 Å². The van der Waals surface area contributed by atoms with Crippen LogP contribution in [0.3, 0.4) is 0 Å². The van der Waals surface area contributed by atoms with E-state index in [2.05, 4.69) is 10.3 Å². The Morgan fingerprint density at radius 2 is 2.20 bits per heavy atom. The number of benzene rings is 1. The molecule has 0 aliphatic carbocycles. The summed E-state index contributed by atoms with van der Waals surface area (Å²) >= 11 is 5.94. The molecule has 1 aromatic heterocycles. The first-order valence-electron chi connectivity index (χ1n) is 6.30. The molecule has 4 nitrogen and oxygen atoms in total. The number of nitrogen functional groups attached to an aromatic ring is 1. The van der Waals surface area contributed by atoms with Gasteiger partial charge in [0.15, 0.2) is 0 Å². The molecule has 0 saturated heterocycles. The Balaban J connectivity index is 1.95. The van der Waals surface area contributed by atoms with Crippen LogP contribution in [0, 0.1) is 0 Å². The summed E-state index contributed by atoms with van der Waals surface area (Å²) in [5.74, 6) is -0.0882. The van der Waals surface area contributed by atoms with Gasteiger partial charge in [-0.3, -0.25) is 9.78 Å². The van der Waals surface area contributed by atoms with Crippen LogP contribution in [-0.4, -0.2) is 10.9 Å². The number of rotatable bonds is 4. The Bertz CT molecular complexity index is 598. The number of aromatic nitrogens is 1. The number of carbonyl (C=O) groups excluding carboxylic acids is 1. The maximum absolute atomic E-state index is 12.0. The van der Waals surface area contributed by atoms with E-state index >= 15 is 0 Å². The molecule has 2 rings (SSSR count). The monoisotopic (exact) mass is 289 g/mol. The molecule has 0 aliphatic heterocycles. The van der Waals surface area contributed by atoms with Crippen molar-refractivity contribution in [2.45, 2.75) is 19.4 Å². The van der Waals surface area contributed by atoms with Gasteiger partial charge in [-0.15, -0.1) is 0 Å². The first-order valence-corrected chi connectivity index (χ1v) is 6.67. The predicted octanol–water partition coefficient (Wildman–Crippen LogP) is 2.74. The highest BCUT2D eigenvalue weighted by Gasteiger charge is 2.11. The lowest BCUT2D eigenvalue weighted by Gasteiger charge is -2.14. The third-order valence-corrected chi connectivity index (χ3v) is 3.15. The van der Waals surface area contributed by atoms with E-state index in [-0.39, 0.29) is 18.4 Å². The second-order valence-corrected chi connectivity index (χ2v) is 5.04. The molecule has 0 saturated carbocycles. The van der Waals surface area contributed by atoms with Crippen LogP contribution in [0.25, 0.3) is 0 Å². The summed E-state index contributed by atoms with van der Waals surface area (Å²) in [6.07, 6.45) is 1.77. The van der Waals surface area contributed by atoms with Crippen LogP contribution in [0.5, 0.6) is 0 Å². The molecule has 20 heavy (non-hydrogen) atoms. The first-order chi connectivity index (χ1) is 9.54. The van der Waals surface area contributed by atoms with Gasteiger partial charge in [-0.25, -0.2) is 0 Å². The van der Waals surface area contributed by atoms with E-state index in [1.807, 2.05) is 25.1 Å². The molecule has 2 aromatic rings. The normalized spacial score (nSPS) is 11.9. The van der Waals surface area contributed by atoms with Crippen molar-refractivity contribution in [3.05, 3.63) is 58.9 Å². The maximum Gasteiger partial charge on any atom is 0.226 e. The van der Waals surface area contributed by atoms with Gasteiger partial charge in [0.25, 0.3) is 0 Å². The fourth-order valence-electron chi connectivity index (χ4n) is 1.86. The van der Waals surface area contributed by atoms with Crippen molar-refractivity contribution in [2.24, 2.45) is 0 Å². The topological polar surface area (TPSA) is 68.0 Å². The molecule has 1 aromatic carbocycles. The average Bonchev–Trinajstić information content (AvgIpc) is 2.41. The third kappa shape index (κ3) is 3.96. The average molecular weight is 290 g/mol. The number of carbonyl (C=O) groups is 1. The zero-order valence-corrected chi connectivity index (χ0v) is 11.9.